The van der Waals surface area contributed by atoms with Crippen molar-refractivity contribution in [3.8, 4) is 0 Å². The average molecular weight is 506 g/mol. The molecule has 4 aromatic rings. The number of rotatable bonds is 6. The maximum Gasteiger partial charge on any atom is 2.00 e. The molecule has 0 aliphatic heterocycles. The van der Waals surface area contributed by atoms with E-state index >= 15 is 0 Å². The molecule has 0 aliphatic rings. The van der Waals surface area contributed by atoms with Crippen molar-refractivity contribution in [2.75, 3.05) is 0 Å². The number of hydrogen-bond acceptors (Lipinski definition) is 0. The molecule has 0 saturated heterocycles. The van der Waals surface area contributed by atoms with Crippen molar-refractivity contribution in [1.29, 1.82) is 0 Å². The molecular weight excluding hydrogens is 472 g/mol. The van der Waals surface area contributed by atoms with Gasteiger partial charge < -0.3 is 0 Å². The van der Waals surface area contributed by atoms with Crippen LogP contribution in [0.1, 0.15) is 22.3 Å². The normalized spacial score (nSPS) is 12.5. The fraction of sp³-hybridized carbons (Fsp3) is 0.333. The van der Waals surface area contributed by atoms with Gasteiger partial charge in [0.15, 0.2) is 0 Å². The number of hydrogen-bond donors (Lipinski definition) is 0. The number of fused-ring (bicyclic) bond motifs is 2. The van der Waals surface area contributed by atoms with Crippen LogP contribution in [0, 0.1) is 0 Å². The Morgan fingerprint density at radius 1 is 0.767 bits per heavy atom. The van der Waals surface area contributed by atoms with Gasteiger partial charge in [-0.1, -0.05) is 69.9 Å². The summed E-state index contributed by atoms with van der Waals surface area (Å²) in [5.74, 6) is 0. The van der Waals surface area contributed by atoms with Crippen LogP contribution in [-0.4, -0.2) is 16.1 Å². The van der Waals surface area contributed by atoms with Gasteiger partial charge in [0.05, 0.1) is 0 Å². The summed E-state index contributed by atoms with van der Waals surface area (Å²) < 4.78 is 0. The molecule has 0 heterocycles. The monoisotopic (exact) mass is 504 g/mol. The zero-order chi connectivity index (χ0) is 20.8. The smallest absolute Gasteiger partial charge is 0.156 e. The molecule has 0 fully saturated rings. The minimum absolute atomic E-state index is 0. The van der Waals surface area contributed by atoms with Gasteiger partial charge in [0.1, 0.15) is 0 Å². The van der Waals surface area contributed by atoms with Crippen LogP contribution >= 0.6 is 0 Å². The summed E-state index contributed by atoms with van der Waals surface area (Å²) in [6.07, 6.45) is 1.06. The first kappa shape index (κ1) is 23.6. The van der Waals surface area contributed by atoms with E-state index in [0.717, 1.165) is 6.42 Å². The molecule has 0 aliphatic carbocycles. The molecule has 4 aromatic carbocycles. The van der Waals surface area contributed by atoms with Gasteiger partial charge in [0, 0.05) is 16.1 Å². The molecule has 0 amide bonds. The van der Waals surface area contributed by atoms with Gasteiger partial charge in [0.25, 0.3) is 0 Å². The Labute approximate surface area is 203 Å². The van der Waals surface area contributed by atoms with Crippen LogP contribution < -0.4 is 0 Å². The van der Waals surface area contributed by atoms with Crippen LogP contribution in [0.15, 0.2) is 60.7 Å². The van der Waals surface area contributed by atoms with E-state index in [1.54, 1.807) is 16.7 Å². The van der Waals surface area contributed by atoms with Gasteiger partial charge in [0.2, 0.25) is 0 Å². The second-order valence-corrected chi connectivity index (χ2v) is 22.1. The van der Waals surface area contributed by atoms with Crippen molar-refractivity contribution in [3.63, 3.8) is 0 Å². The van der Waals surface area contributed by atoms with Crippen molar-refractivity contribution in [2.45, 2.75) is 57.8 Å². The summed E-state index contributed by atoms with van der Waals surface area (Å²) in [6, 6.07) is 25.6. The van der Waals surface area contributed by atoms with Crippen molar-refractivity contribution in [2.24, 2.45) is 0 Å². The fourth-order valence-electron chi connectivity index (χ4n) is 4.72. The third kappa shape index (κ3) is 5.23. The first-order chi connectivity index (χ1) is 13.6. The van der Waals surface area contributed by atoms with Crippen LogP contribution in [0.5, 0.6) is 0 Å². The van der Waals surface area contributed by atoms with E-state index in [9.17, 15) is 0 Å². The Bertz CT molecular complexity index is 1150. The van der Waals surface area contributed by atoms with E-state index in [2.05, 4.69) is 99.9 Å². The fourth-order valence-corrected chi connectivity index (χ4v) is 7.63. The Kier molecular flexibility index (Phi) is 6.97. The van der Waals surface area contributed by atoms with E-state index in [0.29, 0.717) is 0 Å². The van der Waals surface area contributed by atoms with Gasteiger partial charge in [-0.25, -0.2) is 0 Å². The zero-order valence-corrected chi connectivity index (χ0v) is 23.9. The second kappa shape index (κ2) is 8.85. The molecule has 0 aromatic heterocycles. The molecule has 0 atom stereocenters. The third-order valence-electron chi connectivity index (χ3n) is 5.78. The van der Waals surface area contributed by atoms with Crippen molar-refractivity contribution < 1.29 is 26.2 Å². The Morgan fingerprint density at radius 2 is 1.37 bits per heavy atom. The summed E-state index contributed by atoms with van der Waals surface area (Å²) in [5.41, 5.74) is 6.24. The third-order valence-corrected chi connectivity index (χ3v) is 8.64. The molecule has 0 unspecified atom stereocenters. The molecule has 0 spiro atoms. The van der Waals surface area contributed by atoms with E-state index in [1.807, 2.05) is 0 Å². The predicted molar refractivity (Wildman–Crippen MR) is 136 cm³/mol. The topological polar surface area (TPSA) is 0 Å². The Hall–Kier alpha value is -1.02. The van der Waals surface area contributed by atoms with Gasteiger partial charge >= 0.3 is 26.2 Å². The molecule has 0 bridgehead atoms. The molecule has 0 saturated carbocycles. The van der Waals surface area contributed by atoms with Gasteiger partial charge in [-0.15, -0.1) is 81.2 Å². The summed E-state index contributed by atoms with van der Waals surface area (Å²) >= 11 is 0. The maximum atomic E-state index is 2.53. The molecule has 0 N–H and O–H groups in total. The summed E-state index contributed by atoms with van der Waals surface area (Å²) in [4.78, 5) is 0. The first-order valence-electron chi connectivity index (χ1n) is 10.9. The first-order valence-corrected chi connectivity index (χ1v) is 18.3. The Balaban J connectivity index is 0.00000256. The average Bonchev–Trinajstić information content (AvgIpc) is 3.12. The van der Waals surface area contributed by atoms with Crippen molar-refractivity contribution in [3.05, 3.63) is 82.9 Å². The SMILES string of the molecule is C[Si](C)(C)Cc1c(C[c-]2cc(C[Si](C)(C)C)c3ccccc32)[cH-]c2ccccc12.[Zr+2]. The van der Waals surface area contributed by atoms with Crippen LogP contribution in [0.4, 0.5) is 0 Å². The van der Waals surface area contributed by atoms with Crippen molar-refractivity contribution >= 4 is 37.7 Å². The summed E-state index contributed by atoms with van der Waals surface area (Å²) in [5, 5.41) is 5.83. The zero-order valence-electron chi connectivity index (χ0n) is 19.4. The van der Waals surface area contributed by atoms with Crippen molar-refractivity contribution in [1.82, 2.24) is 0 Å². The van der Waals surface area contributed by atoms with Crippen LogP contribution in [0.25, 0.3) is 21.5 Å². The van der Waals surface area contributed by atoms with Gasteiger partial charge in [-0.2, -0.15) is 11.1 Å². The van der Waals surface area contributed by atoms with E-state index in [-0.39, 0.29) is 26.2 Å². The van der Waals surface area contributed by atoms with E-state index < -0.39 is 16.1 Å². The molecule has 4 rings (SSSR count). The molecule has 3 heteroatoms. The van der Waals surface area contributed by atoms with E-state index in [4.69, 9.17) is 0 Å². The molecule has 0 nitrogen and oxygen atoms in total. The minimum Gasteiger partial charge on any atom is -0.156 e. The van der Waals surface area contributed by atoms with E-state index in [1.165, 1.54) is 39.2 Å². The summed E-state index contributed by atoms with van der Waals surface area (Å²) in [6.45, 7) is 14.9. The standard InChI is InChI=1S/C27H34Si2.Zr/c1-28(2,3)18-23-17-21(25-13-9-10-14-26(23)25)16-22-15-20-11-7-8-12-24(20)27(22)19-29(4,5)6;/h7-15,17H,16,18-19H2,1-6H3;/q-2;+2. The Morgan fingerprint density at radius 3 is 2.03 bits per heavy atom. The molecular formula is C27H34Si2Zr. The van der Waals surface area contributed by atoms with Crippen LogP contribution in [-0.2, 0) is 44.7 Å². The van der Waals surface area contributed by atoms with Crippen LogP contribution in [0.3, 0.4) is 0 Å². The largest absolute Gasteiger partial charge is 2.00 e. The van der Waals surface area contributed by atoms with Gasteiger partial charge in [-0.05, 0) is 0 Å². The predicted octanol–water partition coefficient (Wildman–Crippen LogP) is 7.86. The van der Waals surface area contributed by atoms with Crippen LogP contribution in [0.2, 0.25) is 39.3 Å². The molecule has 0 radical (unpaired) electrons. The molecule has 154 valence electrons. The summed E-state index contributed by atoms with van der Waals surface area (Å²) in [7, 11) is -2.36. The minimum atomic E-state index is -1.20. The maximum absolute atomic E-state index is 2.53. The second-order valence-electron chi connectivity index (χ2n) is 11.1. The van der Waals surface area contributed by atoms with Gasteiger partial charge in [-0.3, -0.25) is 0 Å². The molecule has 30 heavy (non-hydrogen) atoms. The number of benzene rings is 2. The quantitative estimate of drug-likeness (QED) is 0.185.